The van der Waals surface area contributed by atoms with E-state index < -0.39 is 0 Å². The van der Waals surface area contributed by atoms with Gasteiger partial charge in [0.2, 0.25) is 0 Å². The van der Waals surface area contributed by atoms with Crippen molar-refractivity contribution in [3.8, 4) is 5.75 Å². The number of para-hydroxylation sites is 1. The minimum Gasteiger partial charge on any atom is -0.488 e. The smallest absolute Gasteiger partial charge is 0.191 e. The molecule has 1 fully saturated rings. The van der Waals surface area contributed by atoms with Gasteiger partial charge in [-0.15, -0.1) is 0 Å². The predicted molar refractivity (Wildman–Crippen MR) is 131 cm³/mol. The Kier molecular flexibility index (Phi) is 8.02. The number of hydrogen-bond donors (Lipinski definition) is 2. The molecule has 1 saturated heterocycles. The van der Waals surface area contributed by atoms with Crippen LogP contribution < -0.4 is 15.4 Å². The van der Waals surface area contributed by atoms with Gasteiger partial charge in [-0.1, -0.05) is 42.5 Å². The van der Waals surface area contributed by atoms with Gasteiger partial charge in [-0.05, 0) is 56.2 Å². The van der Waals surface area contributed by atoms with Crippen LogP contribution in [0.4, 0.5) is 0 Å². The third kappa shape index (κ3) is 6.47. The quantitative estimate of drug-likeness (QED) is 0.517. The fourth-order valence-electron chi connectivity index (χ4n) is 4.36. The lowest BCUT2D eigenvalue weighted by Crippen LogP contribution is -2.42. The number of fused-ring (bicyclic) bond motifs is 1. The Balaban J connectivity index is 1.26. The van der Waals surface area contributed by atoms with Gasteiger partial charge in [0, 0.05) is 32.6 Å². The third-order valence-corrected chi connectivity index (χ3v) is 6.22. The van der Waals surface area contributed by atoms with Gasteiger partial charge in [0.25, 0.3) is 0 Å². The molecule has 2 aromatic carbocycles. The zero-order valence-corrected chi connectivity index (χ0v) is 19.5. The van der Waals surface area contributed by atoms with Crippen LogP contribution in [0.25, 0.3) is 0 Å². The van der Waals surface area contributed by atoms with E-state index in [9.17, 15) is 0 Å². The zero-order valence-electron chi connectivity index (χ0n) is 19.5. The lowest BCUT2D eigenvalue weighted by atomic mass is 10.1. The molecular formula is C26H37N5O. The summed E-state index contributed by atoms with van der Waals surface area (Å²) in [4.78, 5) is 9.77. The van der Waals surface area contributed by atoms with Crippen LogP contribution in [-0.2, 0) is 19.5 Å². The maximum Gasteiger partial charge on any atom is 0.191 e. The normalized spacial score (nSPS) is 19.8. The first-order chi connectivity index (χ1) is 15.7. The summed E-state index contributed by atoms with van der Waals surface area (Å²) in [7, 11) is 2.22. The summed E-state index contributed by atoms with van der Waals surface area (Å²) in [5.41, 5.74) is 3.89. The molecule has 4 rings (SSSR count). The molecule has 0 bridgehead atoms. The van der Waals surface area contributed by atoms with Crippen molar-refractivity contribution in [3.63, 3.8) is 0 Å². The SMILES string of the molecule is CCNC(=NCc1ccc(CN2CCCN(C)CC2)cc1)NCC1Cc2ccccc2O1. The number of hydrogen-bond acceptors (Lipinski definition) is 4. The Morgan fingerprint density at radius 1 is 1.00 bits per heavy atom. The minimum atomic E-state index is 0.148. The van der Waals surface area contributed by atoms with Crippen LogP contribution in [0.2, 0.25) is 0 Å². The Morgan fingerprint density at radius 2 is 1.81 bits per heavy atom. The minimum absolute atomic E-state index is 0.148. The lowest BCUT2D eigenvalue weighted by molar-refractivity contribution is 0.235. The first-order valence-electron chi connectivity index (χ1n) is 11.9. The number of likely N-dealkylation sites (N-methyl/N-ethyl adjacent to an activating group) is 1. The van der Waals surface area contributed by atoms with E-state index in [4.69, 9.17) is 9.73 Å². The molecule has 1 atom stereocenters. The molecule has 2 heterocycles. The largest absolute Gasteiger partial charge is 0.488 e. The average molecular weight is 436 g/mol. The highest BCUT2D eigenvalue weighted by Crippen LogP contribution is 2.27. The van der Waals surface area contributed by atoms with Crippen LogP contribution in [0.15, 0.2) is 53.5 Å². The van der Waals surface area contributed by atoms with E-state index in [0.29, 0.717) is 6.54 Å². The molecule has 0 aromatic heterocycles. The number of nitrogens with zero attached hydrogens (tertiary/aromatic N) is 3. The van der Waals surface area contributed by atoms with Crippen molar-refractivity contribution in [2.24, 2.45) is 4.99 Å². The molecule has 0 spiro atoms. The topological polar surface area (TPSA) is 52.1 Å². The predicted octanol–water partition coefficient (Wildman–Crippen LogP) is 2.88. The van der Waals surface area contributed by atoms with E-state index in [-0.39, 0.29) is 6.10 Å². The van der Waals surface area contributed by atoms with E-state index in [1.54, 1.807) is 0 Å². The standard InChI is InChI=1S/C26H37N5O/c1-3-27-26(29-19-24-17-23-7-4-5-8-25(23)32-24)28-18-21-9-11-22(12-10-21)20-31-14-6-13-30(2)15-16-31/h4-5,7-12,24H,3,6,13-20H2,1-2H3,(H2,27,28,29). The number of aliphatic imine (C=N–C) groups is 1. The van der Waals surface area contributed by atoms with Gasteiger partial charge in [-0.3, -0.25) is 4.90 Å². The lowest BCUT2D eigenvalue weighted by Gasteiger charge is -2.20. The van der Waals surface area contributed by atoms with Gasteiger partial charge in [-0.25, -0.2) is 4.99 Å². The number of nitrogens with one attached hydrogen (secondary N) is 2. The molecule has 0 radical (unpaired) electrons. The summed E-state index contributed by atoms with van der Waals surface area (Å²) >= 11 is 0. The summed E-state index contributed by atoms with van der Waals surface area (Å²) in [5, 5.41) is 6.79. The third-order valence-electron chi connectivity index (χ3n) is 6.22. The van der Waals surface area contributed by atoms with E-state index in [1.165, 1.54) is 36.2 Å². The molecular weight excluding hydrogens is 398 g/mol. The first-order valence-corrected chi connectivity index (χ1v) is 11.9. The number of guanidine groups is 1. The highest BCUT2D eigenvalue weighted by Gasteiger charge is 2.22. The van der Waals surface area contributed by atoms with Gasteiger partial charge in [0.05, 0.1) is 13.1 Å². The van der Waals surface area contributed by atoms with E-state index in [1.807, 2.05) is 12.1 Å². The molecule has 2 aliphatic heterocycles. The molecule has 2 aliphatic rings. The van der Waals surface area contributed by atoms with Crippen LogP contribution in [-0.4, -0.2) is 68.2 Å². The molecule has 172 valence electrons. The van der Waals surface area contributed by atoms with Gasteiger partial charge in [-0.2, -0.15) is 0 Å². The molecule has 32 heavy (non-hydrogen) atoms. The Morgan fingerprint density at radius 3 is 2.62 bits per heavy atom. The zero-order chi connectivity index (χ0) is 22.2. The number of ether oxygens (including phenoxy) is 1. The fourth-order valence-corrected chi connectivity index (χ4v) is 4.36. The first kappa shape index (κ1) is 22.6. The van der Waals surface area contributed by atoms with Gasteiger partial charge >= 0.3 is 0 Å². The van der Waals surface area contributed by atoms with Crippen LogP contribution in [0.5, 0.6) is 5.75 Å². The van der Waals surface area contributed by atoms with Crippen molar-refractivity contribution in [1.82, 2.24) is 20.4 Å². The summed E-state index contributed by atoms with van der Waals surface area (Å²) in [5.74, 6) is 1.85. The van der Waals surface area contributed by atoms with Crippen LogP contribution in [0.3, 0.4) is 0 Å². The van der Waals surface area contributed by atoms with Crippen molar-refractivity contribution >= 4 is 5.96 Å². The molecule has 2 aromatic rings. The van der Waals surface area contributed by atoms with Gasteiger partial charge in [0.15, 0.2) is 5.96 Å². The van der Waals surface area contributed by atoms with Crippen LogP contribution >= 0.6 is 0 Å². The summed E-state index contributed by atoms with van der Waals surface area (Å²) in [6, 6.07) is 17.2. The molecule has 6 heteroatoms. The molecule has 0 amide bonds. The highest BCUT2D eigenvalue weighted by atomic mass is 16.5. The maximum absolute atomic E-state index is 6.04. The Bertz CT molecular complexity index is 857. The van der Waals surface area contributed by atoms with E-state index in [0.717, 1.165) is 50.9 Å². The van der Waals surface area contributed by atoms with E-state index in [2.05, 4.69) is 70.8 Å². The van der Waals surface area contributed by atoms with Gasteiger partial charge < -0.3 is 20.3 Å². The van der Waals surface area contributed by atoms with Gasteiger partial charge in [0.1, 0.15) is 11.9 Å². The number of benzene rings is 2. The van der Waals surface area contributed by atoms with Crippen molar-refractivity contribution in [1.29, 1.82) is 0 Å². The molecule has 0 saturated carbocycles. The highest BCUT2D eigenvalue weighted by molar-refractivity contribution is 5.79. The summed E-state index contributed by atoms with van der Waals surface area (Å²) in [6.45, 7) is 10.1. The summed E-state index contributed by atoms with van der Waals surface area (Å²) < 4.78 is 6.04. The monoisotopic (exact) mass is 435 g/mol. The average Bonchev–Trinajstić information content (AvgIpc) is 3.12. The second-order valence-corrected chi connectivity index (χ2v) is 8.88. The van der Waals surface area contributed by atoms with Crippen molar-refractivity contribution in [2.75, 3.05) is 46.3 Å². The summed E-state index contributed by atoms with van der Waals surface area (Å²) in [6.07, 6.45) is 2.34. The molecule has 6 nitrogen and oxygen atoms in total. The molecule has 0 aliphatic carbocycles. The maximum atomic E-state index is 6.04. The number of rotatable bonds is 7. The molecule has 2 N–H and O–H groups in total. The van der Waals surface area contributed by atoms with Crippen molar-refractivity contribution in [2.45, 2.75) is 39.0 Å². The van der Waals surface area contributed by atoms with Crippen molar-refractivity contribution in [3.05, 3.63) is 65.2 Å². The van der Waals surface area contributed by atoms with E-state index >= 15 is 0 Å². The second kappa shape index (κ2) is 11.3. The van der Waals surface area contributed by atoms with Crippen LogP contribution in [0, 0.1) is 0 Å². The van der Waals surface area contributed by atoms with Crippen LogP contribution in [0.1, 0.15) is 30.0 Å². The molecule has 1 unspecified atom stereocenters. The Labute approximate surface area is 192 Å². The fraction of sp³-hybridized carbons (Fsp3) is 0.500. The van der Waals surface area contributed by atoms with Crippen molar-refractivity contribution < 1.29 is 4.74 Å². The Hall–Kier alpha value is -2.57. The second-order valence-electron chi connectivity index (χ2n) is 8.88.